The molecule has 1 saturated heterocycles. The predicted octanol–water partition coefficient (Wildman–Crippen LogP) is 2.68. The zero-order valence-electron chi connectivity index (χ0n) is 14.7. The number of aryl methyl sites for hydroxylation is 1. The number of benzene rings is 2. The van der Waals surface area contributed by atoms with E-state index in [1.807, 2.05) is 19.1 Å². The summed E-state index contributed by atoms with van der Waals surface area (Å²) >= 11 is 0. The maximum Gasteiger partial charge on any atom is 0.325 e. The molecule has 1 atom stereocenters. The standard InChI is InChI=1S/C19H17F2N3O3/c1-11-5-3-4-6-15(11)22-16(25)10-24-17(26)19(2,23-18(24)27)12-7-8-13(20)14(21)9-12/h3-9H,10H2,1-2H3,(H,22,25)(H,23,27). The molecule has 1 aliphatic rings. The van der Waals surface area contributed by atoms with E-state index in [9.17, 15) is 23.2 Å². The number of para-hydroxylation sites is 1. The molecule has 1 heterocycles. The number of carbonyl (C=O) groups is 3. The van der Waals surface area contributed by atoms with Crippen LogP contribution in [-0.2, 0) is 15.1 Å². The quantitative estimate of drug-likeness (QED) is 0.809. The summed E-state index contributed by atoms with van der Waals surface area (Å²) in [6, 6.07) is 9.23. The van der Waals surface area contributed by atoms with Crippen molar-refractivity contribution in [1.29, 1.82) is 0 Å². The second kappa shape index (κ2) is 6.79. The topological polar surface area (TPSA) is 78.5 Å². The average molecular weight is 373 g/mol. The van der Waals surface area contributed by atoms with E-state index in [1.54, 1.807) is 12.1 Å². The molecule has 2 N–H and O–H groups in total. The lowest BCUT2D eigenvalue weighted by Gasteiger charge is -2.22. The first kappa shape index (κ1) is 18.5. The highest BCUT2D eigenvalue weighted by atomic mass is 19.2. The fourth-order valence-corrected chi connectivity index (χ4v) is 2.89. The molecule has 6 nitrogen and oxygen atoms in total. The highest BCUT2D eigenvalue weighted by molar-refractivity contribution is 6.10. The number of nitrogens with one attached hydrogen (secondary N) is 2. The minimum Gasteiger partial charge on any atom is -0.324 e. The molecule has 0 spiro atoms. The molecular formula is C19H17F2N3O3. The smallest absolute Gasteiger partial charge is 0.324 e. The van der Waals surface area contributed by atoms with Gasteiger partial charge in [-0.3, -0.25) is 14.5 Å². The van der Waals surface area contributed by atoms with Gasteiger partial charge in [0.1, 0.15) is 12.1 Å². The van der Waals surface area contributed by atoms with Crippen molar-refractivity contribution >= 4 is 23.5 Å². The van der Waals surface area contributed by atoms with Crippen LogP contribution in [0.15, 0.2) is 42.5 Å². The van der Waals surface area contributed by atoms with Crippen molar-refractivity contribution < 1.29 is 23.2 Å². The summed E-state index contributed by atoms with van der Waals surface area (Å²) in [5, 5.41) is 5.08. The molecule has 0 aromatic heterocycles. The lowest BCUT2D eigenvalue weighted by Crippen LogP contribution is -2.42. The first-order valence-corrected chi connectivity index (χ1v) is 8.17. The maximum absolute atomic E-state index is 13.5. The van der Waals surface area contributed by atoms with Gasteiger partial charge in [0.2, 0.25) is 5.91 Å². The second-order valence-corrected chi connectivity index (χ2v) is 6.44. The molecule has 0 bridgehead atoms. The molecule has 0 saturated carbocycles. The van der Waals surface area contributed by atoms with E-state index in [0.29, 0.717) is 5.69 Å². The van der Waals surface area contributed by atoms with Crippen molar-refractivity contribution in [3.63, 3.8) is 0 Å². The van der Waals surface area contributed by atoms with Gasteiger partial charge in [0.05, 0.1) is 0 Å². The Hall–Kier alpha value is -3.29. The Kier molecular flexibility index (Phi) is 4.65. The fraction of sp³-hybridized carbons (Fsp3) is 0.211. The lowest BCUT2D eigenvalue weighted by molar-refractivity contribution is -0.133. The zero-order chi connectivity index (χ0) is 19.8. The Morgan fingerprint density at radius 3 is 2.52 bits per heavy atom. The maximum atomic E-state index is 13.5. The summed E-state index contributed by atoms with van der Waals surface area (Å²) in [6.45, 7) is 2.68. The minimum atomic E-state index is -1.59. The van der Waals surface area contributed by atoms with E-state index < -0.39 is 41.6 Å². The number of nitrogens with zero attached hydrogens (tertiary/aromatic N) is 1. The van der Waals surface area contributed by atoms with Crippen LogP contribution < -0.4 is 10.6 Å². The molecule has 1 unspecified atom stereocenters. The third kappa shape index (κ3) is 3.38. The number of anilines is 1. The van der Waals surface area contributed by atoms with Crippen molar-refractivity contribution in [3.8, 4) is 0 Å². The number of halogens is 2. The molecule has 0 radical (unpaired) electrons. The number of hydrogen-bond acceptors (Lipinski definition) is 3. The molecule has 0 aliphatic carbocycles. The molecule has 8 heteroatoms. The normalized spacial score (nSPS) is 19.2. The lowest BCUT2D eigenvalue weighted by atomic mass is 9.92. The largest absolute Gasteiger partial charge is 0.325 e. The van der Waals surface area contributed by atoms with Gasteiger partial charge in [-0.2, -0.15) is 0 Å². The van der Waals surface area contributed by atoms with Crippen molar-refractivity contribution in [1.82, 2.24) is 10.2 Å². The van der Waals surface area contributed by atoms with Crippen molar-refractivity contribution in [3.05, 3.63) is 65.2 Å². The Balaban J connectivity index is 1.78. The van der Waals surface area contributed by atoms with E-state index in [-0.39, 0.29) is 5.56 Å². The van der Waals surface area contributed by atoms with Crippen LogP contribution in [0.1, 0.15) is 18.1 Å². The molecule has 3 rings (SSSR count). The molecule has 140 valence electrons. The minimum absolute atomic E-state index is 0.0848. The second-order valence-electron chi connectivity index (χ2n) is 6.44. The average Bonchev–Trinajstić information content (AvgIpc) is 2.83. The summed E-state index contributed by atoms with van der Waals surface area (Å²) in [7, 11) is 0. The molecule has 1 aliphatic heterocycles. The van der Waals surface area contributed by atoms with Crippen LogP contribution in [0.5, 0.6) is 0 Å². The Morgan fingerprint density at radius 1 is 1.15 bits per heavy atom. The van der Waals surface area contributed by atoms with Crippen molar-refractivity contribution in [2.45, 2.75) is 19.4 Å². The van der Waals surface area contributed by atoms with Gasteiger partial charge in [-0.05, 0) is 43.2 Å². The first-order chi connectivity index (χ1) is 12.7. The number of hydrogen-bond donors (Lipinski definition) is 2. The van der Waals surface area contributed by atoms with Crippen LogP contribution in [0.25, 0.3) is 0 Å². The van der Waals surface area contributed by atoms with E-state index >= 15 is 0 Å². The molecular weight excluding hydrogens is 356 g/mol. The van der Waals surface area contributed by atoms with Gasteiger partial charge in [-0.1, -0.05) is 24.3 Å². The number of urea groups is 1. The highest BCUT2D eigenvalue weighted by Gasteiger charge is 2.49. The van der Waals surface area contributed by atoms with Gasteiger partial charge in [-0.25, -0.2) is 13.6 Å². The van der Waals surface area contributed by atoms with E-state index in [4.69, 9.17) is 0 Å². The van der Waals surface area contributed by atoms with E-state index in [1.165, 1.54) is 13.0 Å². The van der Waals surface area contributed by atoms with Gasteiger partial charge in [-0.15, -0.1) is 0 Å². The van der Waals surface area contributed by atoms with Gasteiger partial charge < -0.3 is 10.6 Å². The fourth-order valence-electron chi connectivity index (χ4n) is 2.89. The number of imide groups is 1. The summed E-state index contributed by atoms with van der Waals surface area (Å²) in [6.07, 6.45) is 0. The number of carbonyl (C=O) groups excluding carboxylic acids is 3. The Bertz CT molecular complexity index is 948. The van der Waals surface area contributed by atoms with Crippen LogP contribution in [0.3, 0.4) is 0 Å². The molecule has 2 aromatic carbocycles. The van der Waals surface area contributed by atoms with E-state index in [0.717, 1.165) is 22.6 Å². The zero-order valence-corrected chi connectivity index (χ0v) is 14.7. The van der Waals surface area contributed by atoms with Crippen LogP contribution in [0.4, 0.5) is 19.3 Å². The van der Waals surface area contributed by atoms with Crippen molar-refractivity contribution in [2.24, 2.45) is 0 Å². The molecule has 4 amide bonds. The summed E-state index contributed by atoms with van der Waals surface area (Å²) < 4.78 is 26.7. The van der Waals surface area contributed by atoms with Gasteiger partial charge >= 0.3 is 6.03 Å². The van der Waals surface area contributed by atoms with Crippen molar-refractivity contribution in [2.75, 3.05) is 11.9 Å². The molecule has 27 heavy (non-hydrogen) atoms. The van der Waals surface area contributed by atoms with Crippen LogP contribution in [-0.4, -0.2) is 29.3 Å². The monoisotopic (exact) mass is 373 g/mol. The molecule has 1 fully saturated rings. The first-order valence-electron chi connectivity index (χ1n) is 8.17. The third-order valence-electron chi connectivity index (χ3n) is 4.49. The van der Waals surface area contributed by atoms with E-state index in [2.05, 4.69) is 10.6 Å². The SMILES string of the molecule is Cc1ccccc1NC(=O)CN1C(=O)NC(C)(c2ccc(F)c(F)c2)C1=O. The number of amides is 4. The number of rotatable bonds is 4. The van der Waals surface area contributed by atoms with Gasteiger partial charge in [0.15, 0.2) is 11.6 Å². The summed E-state index contributed by atoms with van der Waals surface area (Å²) in [4.78, 5) is 38.0. The Labute approximate surface area is 154 Å². The molecule has 2 aromatic rings. The van der Waals surface area contributed by atoms with Crippen LogP contribution >= 0.6 is 0 Å². The predicted molar refractivity (Wildman–Crippen MR) is 93.8 cm³/mol. The Morgan fingerprint density at radius 2 is 1.85 bits per heavy atom. The van der Waals surface area contributed by atoms with Crippen LogP contribution in [0, 0.1) is 18.6 Å². The summed E-state index contributed by atoms with van der Waals surface area (Å²) in [5.74, 6) is -3.47. The van der Waals surface area contributed by atoms with Crippen LogP contribution in [0.2, 0.25) is 0 Å². The van der Waals surface area contributed by atoms with Gasteiger partial charge in [0, 0.05) is 5.69 Å². The third-order valence-corrected chi connectivity index (χ3v) is 4.49. The highest BCUT2D eigenvalue weighted by Crippen LogP contribution is 2.29. The summed E-state index contributed by atoms with van der Waals surface area (Å²) in [5.41, 5.74) is -0.108. The van der Waals surface area contributed by atoms with Gasteiger partial charge in [0.25, 0.3) is 5.91 Å².